The SMILES string of the molecule is COc1ccccc1-c1cc(C(=O)NC(CO)c2ccccc2)[nH]n1. The molecule has 6 nitrogen and oxygen atoms in total. The first-order valence-electron chi connectivity index (χ1n) is 7.88. The molecule has 0 fully saturated rings. The maximum Gasteiger partial charge on any atom is 0.269 e. The van der Waals surface area contributed by atoms with Gasteiger partial charge in [-0.1, -0.05) is 42.5 Å². The third-order valence-electron chi connectivity index (χ3n) is 3.90. The van der Waals surface area contributed by atoms with Gasteiger partial charge in [0.05, 0.1) is 25.5 Å². The van der Waals surface area contributed by atoms with Crippen molar-refractivity contribution in [1.82, 2.24) is 15.5 Å². The molecule has 3 N–H and O–H groups in total. The molecule has 6 heteroatoms. The Balaban J connectivity index is 1.79. The number of H-pyrrole nitrogens is 1. The third kappa shape index (κ3) is 3.70. The molecule has 1 amide bonds. The average molecular weight is 337 g/mol. The lowest BCUT2D eigenvalue weighted by atomic mass is 10.1. The van der Waals surface area contributed by atoms with Crippen LogP contribution in [0.5, 0.6) is 5.75 Å². The Bertz CT molecular complexity index is 846. The lowest BCUT2D eigenvalue weighted by molar-refractivity contribution is 0.0911. The number of benzene rings is 2. The monoisotopic (exact) mass is 337 g/mol. The fraction of sp³-hybridized carbons (Fsp3) is 0.158. The van der Waals surface area contributed by atoms with E-state index in [1.165, 1.54) is 0 Å². The average Bonchev–Trinajstić information content (AvgIpc) is 3.16. The second-order valence-electron chi connectivity index (χ2n) is 5.49. The summed E-state index contributed by atoms with van der Waals surface area (Å²) in [5.74, 6) is 0.343. The van der Waals surface area contributed by atoms with E-state index in [4.69, 9.17) is 4.74 Å². The predicted molar refractivity (Wildman–Crippen MR) is 94.3 cm³/mol. The van der Waals surface area contributed by atoms with Gasteiger partial charge in [0.2, 0.25) is 0 Å². The largest absolute Gasteiger partial charge is 0.496 e. The molecule has 2 aromatic carbocycles. The van der Waals surface area contributed by atoms with E-state index in [1.54, 1.807) is 13.2 Å². The summed E-state index contributed by atoms with van der Waals surface area (Å²) in [5.41, 5.74) is 2.56. The Morgan fingerprint density at radius 3 is 2.64 bits per heavy atom. The maximum atomic E-state index is 12.5. The van der Waals surface area contributed by atoms with Gasteiger partial charge in [-0.25, -0.2) is 0 Å². The van der Waals surface area contributed by atoms with E-state index in [1.807, 2.05) is 54.6 Å². The molecule has 128 valence electrons. The molecule has 3 aromatic rings. The summed E-state index contributed by atoms with van der Waals surface area (Å²) in [7, 11) is 1.59. The summed E-state index contributed by atoms with van der Waals surface area (Å²) < 4.78 is 5.32. The van der Waals surface area contributed by atoms with E-state index in [0.29, 0.717) is 17.1 Å². The highest BCUT2D eigenvalue weighted by molar-refractivity contribution is 5.93. The number of para-hydroxylation sites is 1. The molecule has 3 rings (SSSR count). The van der Waals surface area contributed by atoms with Crippen molar-refractivity contribution in [3.05, 3.63) is 71.9 Å². The number of nitrogens with zero attached hydrogens (tertiary/aromatic N) is 1. The lowest BCUT2D eigenvalue weighted by Gasteiger charge is -2.15. The number of aromatic nitrogens is 2. The number of nitrogens with one attached hydrogen (secondary N) is 2. The maximum absolute atomic E-state index is 12.5. The van der Waals surface area contributed by atoms with Crippen LogP contribution in [0.4, 0.5) is 0 Å². The van der Waals surface area contributed by atoms with Crippen molar-refractivity contribution in [2.75, 3.05) is 13.7 Å². The minimum absolute atomic E-state index is 0.191. The minimum Gasteiger partial charge on any atom is -0.496 e. The second kappa shape index (κ2) is 7.63. The number of ether oxygens (including phenoxy) is 1. The molecule has 0 spiro atoms. The van der Waals surface area contributed by atoms with Crippen molar-refractivity contribution in [3.63, 3.8) is 0 Å². The molecule has 1 atom stereocenters. The Morgan fingerprint density at radius 2 is 1.92 bits per heavy atom. The smallest absolute Gasteiger partial charge is 0.269 e. The zero-order valence-electron chi connectivity index (χ0n) is 13.8. The first-order chi connectivity index (χ1) is 12.2. The van der Waals surface area contributed by atoms with Crippen molar-refractivity contribution >= 4 is 5.91 Å². The van der Waals surface area contributed by atoms with E-state index < -0.39 is 6.04 Å². The zero-order valence-corrected chi connectivity index (χ0v) is 13.8. The summed E-state index contributed by atoms with van der Waals surface area (Å²) >= 11 is 0. The lowest BCUT2D eigenvalue weighted by Crippen LogP contribution is -2.31. The van der Waals surface area contributed by atoms with Crippen LogP contribution in [0.2, 0.25) is 0 Å². The number of methoxy groups -OCH3 is 1. The number of aliphatic hydroxyl groups is 1. The van der Waals surface area contributed by atoms with Crippen molar-refractivity contribution < 1.29 is 14.6 Å². The van der Waals surface area contributed by atoms with Gasteiger partial charge in [-0.05, 0) is 23.8 Å². The molecule has 0 radical (unpaired) electrons. The summed E-state index contributed by atoms with van der Waals surface area (Å²) in [6.45, 7) is -0.191. The van der Waals surface area contributed by atoms with Gasteiger partial charge in [0, 0.05) is 5.56 Å². The fourth-order valence-electron chi connectivity index (χ4n) is 2.59. The van der Waals surface area contributed by atoms with Gasteiger partial charge in [-0.3, -0.25) is 9.89 Å². The predicted octanol–water partition coefficient (Wildman–Crippen LogP) is 2.55. The van der Waals surface area contributed by atoms with Crippen molar-refractivity contribution in [1.29, 1.82) is 0 Å². The summed E-state index contributed by atoms with van der Waals surface area (Å²) in [6, 6.07) is 18.0. The van der Waals surface area contributed by atoms with E-state index in [9.17, 15) is 9.90 Å². The van der Waals surface area contributed by atoms with Crippen LogP contribution in [0.15, 0.2) is 60.7 Å². The Labute approximate surface area is 145 Å². The number of hydrogen-bond acceptors (Lipinski definition) is 4. The normalized spacial score (nSPS) is 11.8. The van der Waals surface area contributed by atoms with Crippen molar-refractivity contribution in [2.45, 2.75) is 6.04 Å². The molecular formula is C19H19N3O3. The first-order valence-corrected chi connectivity index (χ1v) is 7.88. The Hall–Kier alpha value is -3.12. The number of carbonyl (C=O) groups is 1. The van der Waals surface area contributed by atoms with Crippen LogP contribution in [0.3, 0.4) is 0 Å². The molecule has 1 unspecified atom stereocenters. The molecule has 0 saturated carbocycles. The summed E-state index contributed by atoms with van der Waals surface area (Å²) in [6.07, 6.45) is 0. The molecular weight excluding hydrogens is 318 g/mol. The van der Waals surface area contributed by atoms with Crippen molar-refractivity contribution in [3.8, 4) is 17.0 Å². The van der Waals surface area contributed by atoms with E-state index >= 15 is 0 Å². The van der Waals surface area contributed by atoms with Gasteiger partial charge in [0.1, 0.15) is 11.4 Å². The van der Waals surface area contributed by atoms with Gasteiger partial charge >= 0.3 is 0 Å². The number of carbonyl (C=O) groups excluding carboxylic acids is 1. The summed E-state index contributed by atoms with van der Waals surface area (Å²) in [4.78, 5) is 12.5. The number of aromatic amines is 1. The molecule has 1 aromatic heterocycles. The van der Waals surface area contributed by atoms with Crippen LogP contribution in [0.25, 0.3) is 11.3 Å². The number of rotatable bonds is 6. The van der Waals surface area contributed by atoms with Gasteiger partial charge in [0.25, 0.3) is 5.91 Å². The highest BCUT2D eigenvalue weighted by Gasteiger charge is 2.18. The zero-order chi connectivity index (χ0) is 17.6. The van der Waals surface area contributed by atoms with E-state index in [2.05, 4.69) is 15.5 Å². The van der Waals surface area contributed by atoms with Crippen LogP contribution in [0, 0.1) is 0 Å². The number of amides is 1. The van der Waals surface area contributed by atoms with Gasteiger partial charge in [-0.15, -0.1) is 0 Å². The molecule has 1 heterocycles. The van der Waals surface area contributed by atoms with Crippen molar-refractivity contribution in [2.24, 2.45) is 0 Å². The topological polar surface area (TPSA) is 87.2 Å². The molecule has 0 saturated heterocycles. The van der Waals surface area contributed by atoms with Crippen LogP contribution >= 0.6 is 0 Å². The number of aliphatic hydroxyl groups excluding tert-OH is 1. The van der Waals surface area contributed by atoms with E-state index in [0.717, 1.165) is 11.1 Å². The van der Waals surface area contributed by atoms with Crippen LogP contribution < -0.4 is 10.1 Å². The molecule has 0 bridgehead atoms. The third-order valence-corrected chi connectivity index (χ3v) is 3.90. The minimum atomic E-state index is -0.480. The highest BCUT2D eigenvalue weighted by Crippen LogP contribution is 2.28. The van der Waals surface area contributed by atoms with Gasteiger partial charge < -0.3 is 15.2 Å². The summed E-state index contributed by atoms with van der Waals surface area (Å²) in [5, 5.41) is 19.3. The number of hydrogen-bond donors (Lipinski definition) is 3. The molecule has 0 aliphatic heterocycles. The Kier molecular flexibility index (Phi) is 5.11. The first kappa shape index (κ1) is 16.7. The van der Waals surface area contributed by atoms with Crippen LogP contribution in [-0.2, 0) is 0 Å². The quantitative estimate of drug-likeness (QED) is 0.645. The van der Waals surface area contributed by atoms with Crippen LogP contribution in [0.1, 0.15) is 22.1 Å². The highest BCUT2D eigenvalue weighted by atomic mass is 16.5. The standard InChI is InChI=1S/C19H19N3O3/c1-25-18-10-6-5-9-14(18)15-11-16(22-21-15)19(24)20-17(12-23)13-7-3-2-4-8-13/h2-11,17,23H,12H2,1H3,(H,20,24)(H,21,22). The van der Waals surface area contributed by atoms with E-state index in [-0.39, 0.29) is 12.5 Å². The molecule has 0 aliphatic rings. The molecule has 0 aliphatic carbocycles. The van der Waals surface area contributed by atoms with Gasteiger partial charge in [-0.2, -0.15) is 5.10 Å². The fourth-order valence-corrected chi connectivity index (χ4v) is 2.59. The molecule has 25 heavy (non-hydrogen) atoms. The van der Waals surface area contributed by atoms with Gasteiger partial charge in [0.15, 0.2) is 0 Å². The van der Waals surface area contributed by atoms with Crippen LogP contribution in [-0.4, -0.2) is 34.9 Å². The second-order valence-corrected chi connectivity index (χ2v) is 5.49. The Morgan fingerprint density at radius 1 is 1.20 bits per heavy atom.